The molecule has 0 aromatic carbocycles. The molecule has 170 valence electrons. The van der Waals surface area contributed by atoms with Crippen LogP contribution >= 0.6 is 22.5 Å². The maximum atomic E-state index is 12.4. The smallest absolute Gasteiger partial charge is 0.255 e. The highest BCUT2D eigenvalue weighted by Gasteiger charge is 2.33. The van der Waals surface area contributed by atoms with Gasteiger partial charge >= 0.3 is 0 Å². The molecular weight excluding hydrogens is 462 g/mol. The Morgan fingerprint density at radius 3 is 2.45 bits per heavy atom. The van der Waals surface area contributed by atoms with Gasteiger partial charge in [-0.3, -0.25) is 0 Å². The average Bonchev–Trinajstić information content (AvgIpc) is 3.32. The first kappa shape index (κ1) is 23.5. The molecule has 0 saturated carbocycles. The zero-order valence-corrected chi connectivity index (χ0v) is 20.4. The van der Waals surface area contributed by atoms with Gasteiger partial charge in [0, 0.05) is 28.2 Å². The monoisotopic (exact) mass is 487 g/mol. The number of nitrogens with zero attached hydrogens (tertiary/aromatic N) is 3. The molecule has 1 unspecified atom stereocenters. The van der Waals surface area contributed by atoms with Gasteiger partial charge < -0.3 is 24.7 Å². The van der Waals surface area contributed by atoms with Gasteiger partial charge in [0.2, 0.25) is 11.6 Å². The summed E-state index contributed by atoms with van der Waals surface area (Å²) in [5.74, 6) is 1.34. The highest BCUT2D eigenvalue weighted by molar-refractivity contribution is 7.91. The minimum Gasteiger partial charge on any atom is -0.546 e. The Kier molecular flexibility index (Phi) is 6.35. The normalized spacial score (nSPS) is 14.1. The van der Waals surface area contributed by atoms with Gasteiger partial charge in [-0.25, -0.2) is 12.7 Å². The molecule has 3 N–H and O–H groups in total. The second kappa shape index (κ2) is 8.39. The molecule has 0 saturated heterocycles. The van der Waals surface area contributed by atoms with Crippen molar-refractivity contribution in [2.24, 2.45) is 5.41 Å². The fraction of sp³-hybridized carbons (Fsp3) is 0.444. The third-order valence-electron chi connectivity index (χ3n) is 4.46. The maximum Gasteiger partial charge on any atom is 0.255 e. The lowest BCUT2D eigenvalue weighted by Crippen LogP contribution is -2.25. The number of aryl methyl sites for hydroxylation is 1. The van der Waals surface area contributed by atoms with E-state index in [0.717, 1.165) is 21.4 Å². The van der Waals surface area contributed by atoms with Crippen molar-refractivity contribution in [1.29, 1.82) is 0 Å². The van der Waals surface area contributed by atoms with Gasteiger partial charge in [0.05, 0.1) is 11.7 Å². The maximum absolute atomic E-state index is 12.4. The van der Waals surface area contributed by atoms with Crippen LogP contribution in [0.3, 0.4) is 0 Å². The van der Waals surface area contributed by atoms with Gasteiger partial charge in [0.25, 0.3) is 10.0 Å². The van der Waals surface area contributed by atoms with Crippen LogP contribution in [0.15, 0.2) is 26.1 Å². The van der Waals surface area contributed by atoms with Crippen LogP contribution in [0.1, 0.15) is 38.3 Å². The van der Waals surface area contributed by atoms with E-state index < -0.39 is 26.9 Å². The van der Waals surface area contributed by atoms with Crippen molar-refractivity contribution >= 4 is 49.8 Å². The van der Waals surface area contributed by atoms with E-state index in [2.05, 4.69) is 19.4 Å². The predicted octanol–water partition coefficient (Wildman–Crippen LogP) is 4.07. The van der Waals surface area contributed by atoms with E-state index in [-0.39, 0.29) is 33.0 Å². The average molecular weight is 488 g/mol. The number of aromatic hydroxyl groups is 1. The molecular formula is C18H25N5O5S3. The molecule has 3 aromatic heterocycles. The minimum absolute atomic E-state index is 0.123. The molecule has 3 aromatic rings. The number of nitrogens with one attached hydrogen (secondary N) is 2. The molecule has 3 heterocycles. The van der Waals surface area contributed by atoms with Crippen LogP contribution in [0.5, 0.6) is 5.75 Å². The topological polar surface area (TPSA) is 144 Å². The number of rotatable bonds is 7. The molecule has 0 aliphatic heterocycles. The summed E-state index contributed by atoms with van der Waals surface area (Å²) in [5.41, 5.74) is -0.168. The molecule has 0 amide bonds. The lowest BCUT2D eigenvalue weighted by atomic mass is 9.85. The molecule has 0 fully saturated rings. The van der Waals surface area contributed by atoms with Crippen molar-refractivity contribution in [2.45, 2.75) is 37.9 Å². The molecule has 0 radical (unpaired) electrons. The zero-order valence-electron chi connectivity index (χ0n) is 18.0. The summed E-state index contributed by atoms with van der Waals surface area (Å²) in [7, 11) is -1.06. The molecule has 0 aliphatic carbocycles. The van der Waals surface area contributed by atoms with Crippen molar-refractivity contribution in [3.8, 4) is 5.75 Å². The highest BCUT2D eigenvalue weighted by Crippen LogP contribution is 2.42. The van der Waals surface area contributed by atoms with Crippen LogP contribution in [0.2, 0.25) is 0 Å². The van der Waals surface area contributed by atoms with Gasteiger partial charge in [-0.2, -0.15) is 0 Å². The highest BCUT2D eigenvalue weighted by atomic mass is 32.2. The van der Waals surface area contributed by atoms with E-state index in [9.17, 15) is 18.1 Å². The SMILES string of the molecule is Cc1ccc([C@H](Nc2n[s+]([O-])nc2Nc2csc(S(=O)(=O)N(C)C)c2O)C(C)(C)C)o1. The Morgan fingerprint density at radius 2 is 1.90 bits per heavy atom. The van der Waals surface area contributed by atoms with Gasteiger partial charge in [0.15, 0.2) is 21.1 Å². The lowest BCUT2D eigenvalue weighted by Gasteiger charge is -2.29. The van der Waals surface area contributed by atoms with Gasteiger partial charge in [-0.15, -0.1) is 11.3 Å². The fourth-order valence-electron chi connectivity index (χ4n) is 2.80. The molecule has 10 nitrogen and oxygen atoms in total. The van der Waals surface area contributed by atoms with Gasteiger partial charge in [-0.1, -0.05) is 20.8 Å². The first-order valence-electron chi connectivity index (χ1n) is 9.23. The third-order valence-corrected chi connectivity index (χ3v) is 8.44. The van der Waals surface area contributed by atoms with Crippen LogP contribution in [-0.4, -0.2) is 45.2 Å². The van der Waals surface area contributed by atoms with Crippen LogP contribution in [0.25, 0.3) is 0 Å². The van der Waals surface area contributed by atoms with Gasteiger partial charge in [-0.05, 0) is 24.5 Å². The summed E-state index contributed by atoms with van der Waals surface area (Å²) in [5, 5.41) is 18.0. The largest absolute Gasteiger partial charge is 0.546 e. The number of sulfonamides is 1. The summed E-state index contributed by atoms with van der Waals surface area (Å²) in [6, 6.07) is 3.40. The van der Waals surface area contributed by atoms with Crippen molar-refractivity contribution in [2.75, 3.05) is 24.7 Å². The summed E-state index contributed by atoms with van der Waals surface area (Å²) >= 11 is -0.993. The Balaban J connectivity index is 1.94. The number of hydrogen-bond donors (Lipinski definition) is 3. The van der Waals surface area contributed by atoms with E-state index in [4.69, 9.17) is 4.42 Å². The van der Waals surface area contributed by atoms with Crippen molar-refractivity contribution in [3.63, 3.8) is 0 Å². The number of furan rings is 1. The summed E-state index contributed by atoms with van der Waals surface area (Å²) in [6.07, 6.45) is 0. The Morgan fingerprint density at radius 1 is 1.26 bits per heavy atom. The molecule has 0 bridgehead atoms. The van der Waals surface area contributed by atoms with Gasteiger partial charge in [0.1, 0.15) is 11.5 Å². The second-order valence-corrected chi connectivity index (χ2v) is 12.3. The summed E-state index contributed by atoms with van der Waals surface area (Å²) in [4.78, 5) is 0. The van der Waals surface area contributed by atoms with Crippen LogP contribution in [-0.2, 0) is 10.0 Å². The van der Waals surface area contributed by atoms with E-state index >= 15 is 0 Å². The number of hydrogen-bond acceptors (Lipinski definition) is 10. The van der Waals surface area contributed by atoms with Crippen molar-refractivity contribution in [3.05, 3.63) is 29.0 Å². The predicted molar refractivity (Wildman–Crippen MR) is 120 cm³/mol. The van der Waals surface area contributed by atoms with E-state index in [0.29, 0.717) is 5.76 Å². The van der Waals surface area contributed by atoms with Crippen LogP contribution in [0, 0.1) is 12.3 Å². The molecule has 2 atom stereocenters. The number of aromatic nitrogens is 2. The molecule has 13 heteroatoms. The van der Waals surface area contributed by atoms with Crippen LogP contribution < -0.4 is 10.6 Å². The number of thiophene rings is 1. The van der Waals surface area contributed by atoms with E-state index in [1.165, 1.54) is 19.5 Å². The first-order valence-corrected chi connectivity index (χ1v) is 12.6. The number of anilines is 3. The Hall–Kier alpha value is -2.19. The Bertz CT molecular complexity index is 1170. The standard InChI is InChI=1S/C18H25N5O5S3/c1-10-7-8-12(28-10)14(18(2,3)4)20-16-15(21-30(25)22-16)19-11-9-29-17(13(11)24)31(26,27)23(5)6/h7-9,14,24H,1-6H3,(H,19,21)(H,20,22)/t14-,30?/m0/s1. The van der Waals surface area contributed by atoms with E-state index in [1.807, 2.05) is 39.8 Å². The van der Waals surface area contributed by atoms with E-state index in [1.54, 1.807) is 0 Å². The van der Waals surface area contributed by atoms with Crippen LogP contribution in [0.4, 0.5) is 17.3 Å². The summed E-state index contributed by atoms with van der Waals surface area (Å²) < 4.78 is 51.3. The van der Waals surface area contributed by atoms with Crippen molar-refractivity contribution in [1.82, 2.24) is 13.1 Å². The lowest BCUT2D eigenvalue weighted by molar-refractivity contribution is 0.300. The van der Waals surface area contributed by atoms with Crippen molar-refractivity contribution < 1.29 is 22.5 Å². The molecule has 0 spiro atoms. The minimum atomic E-state index is -3.81. The Labute approximate surface area is 188 Å². The fourth-order valence-corrected chi connectivity index (χ4v) is 5.80. The first-order chi connectivity index (χ1) is 14.3. The third kappa shape index (κ3) is 4.85. The molecule has 3 rings (SSSR count). The zero-order chi connectivity index (χ0) is 23.1. The quantitative estimate of drug-likeness (QED) is 0.420. The molecule has 0 aliphatic rings. The second-order valence-electron chi connectivity index (χ2n) is 8.20. The summed E-state index contributed by atoms with van der Waals surface area (Å²) in [6.45, 7) is 7.89. The molecule has 31 heavy (non-hydrogen) atoms.